The summed E-state index contributed by atoms with van der Waals surface area (Å²) < 4.78 is 5.67. The lowest BCUT2D eigenvalue weighted by molar-refractivity contribution is -0.154. The Morgan fingerprint density at radius 2 is 0.966 bits per heavy atom. The minimum absolute atomic E-state index is 0.0477. The van der Waals surface area contributed by atoms with E-state index in [0.29, 0.717) is 12.5 Å². The van der Waals surface area contributed by atoms with E-state index < -0.39 is 0 Å². The van der Waals surface area contributed by atoms with Crippen LogP contribution in [0.4, 0.5) is 0 Å². The number of unbranched alkanes of at least 4 members (excludes halogenated alkanes) is 14. The second kappa shape index (κ2) is 19.4. The highest BCUT2D eigenvalue weighted by Gasteiger charge is 2.24. The van der Waals surface area contributed by atoms with Gasteiger partial charge in [-0.15, -0.1) is 0 Å². The molecular weight excluding hydrogens is 356 g/mol. The van der Waals surface area contributed by atoms with Gasteiger partial charge in [-0.05, 0) is 39.5 Å². The third-order valence-corrected chi connectivity index (χ3v) is 5.99. The molecule has 0 spiro atoms. The number of esters is 1. The van der Waals surface area contributed by atoms with E-state index in [2.05, 4.69) is 13.8 Å². The van der Waals surface area contributed by atoms with Crippen molar-refractivity contribution in [3.63, 3.8) is 0 Å². The first kappa shape index (κ1) is 28.5. The fourth-order valence-electron chi connectivity index (χ4n) is 3.85. The summed E-state index contributed by atoms with van der Waals surface area (Å²) in [5.74, 6) is 0.509. The average Bonchev–Trinajstić information content (AvgIpc) is 2.68. The summed E-state index contributed by atoms with van der Waals surface area (Å²) >= 11 is 0. The van der Waals surface area contributed by atoms with Gasteiger partial charge in [0.05, 0.1) is 12.0 Å². The van der Waals surface area contributed by atoms with Crippen LogP contribution in [0.5, 0.6) is 0 Å². The van der Waals surface area contributed by atoms with Gasteiger partial charge in [0, 0.05) is 0 Å². The zero-order valence-electron chi connectivity index (χ0n) is 20.8. The van der Waals surface area contributed by atoms with E-state index in [1.807, 2.05) is 20.8 Å². The molecule has 0 aromatic heterocycles. The van der Waals surface area contributed by atoms with Gasteiger partial charge >= 0.3 is 5.97 Å². The largest absolute Gasteiger partial charge is 0.465 e. The number of ether oxygens (including phenoxy) is 1. The molecule has 0 N–H and O–H groups in total. The molecule has 0 heterocycles. The van der Waals surface area contributed by atoms with Gasteiger partial charge in [0.25, 0.3) is 0 Å². The van der Waals surface area contributed by atoms with Crippen molar-refractivity contribution in [2.45, 2.75) is 150 Å². The van der Waals surface area contributed by atoms with Crippen molar-refractivity contribution in [1.29, 1.82) is 0 Å². The Balaban J connectivity index is 3.96. The Bertz CT molecular complexity index is 356. The summed E-state index contributed by atoms with van der Waals surface area (Å²) in [6, 6.07) is 0. The number of carbonyl (C=O) groups excluding carboxylic acids is 1. The van der Waals surface area contributed by atoms with Crippen molar-refractivity contribution in [1.82, 2.24) is 0 Å². The topological polar surface area (TPSA) is 26.3 Å². The zero-order valence-corrected chi connectivity index (χ0v) is 20.8. The normalized spacial score (nSPS) is 12.9. The summed E-state index contributed by atoms with van der Waals surface area (Å²) in [5, 5.41) is 0. The molecule has 0 saturated carbocycles. The molecule has 0 fully saturated rings. The molecule has 0 aromatic rings. The molecule has 2 nitrogen and oxygen atoms in total. The predicted molar refractivity (Wildman–Crippen MR) is 128 cm³/mol. The third-order valence-electron chi connectivity index (χ3n) is 5.99. The average molecular weight is 411 g/mol. The Hall–Kier alpha value is -0.530. The maximum atomic E-state index is 12.1. The monoisotopic (exact) mass is 410 g/mol. The highest BCUT2D eigenvalue weighted by atomic mass is 16.5. The minimum atomic E-state index is -0.387. The first-order chi connectivity index (χ1) is 13.9. The third kappa shape index (κ3) is 19.2. The summed E-state index contributed by atoms with van der Waals surface area (Å²) in [7, 11) is 0. The van der Waals surface area contributed by atoms with Crippen LogP contribution in [0.2, 0.25) is 0 Å². The molecule has 29 heavy (non-hydrogen) atoms. The van der Waals surface area contributed by atoms with Crippen molar-refractivity contribution in [2.24, 2.45) is 11.3 Å². The molecule has 0 aliphatic rings. The molecular formula is C27H54O2. The zero-order chi connectivity index (χ0) is 21.8. The molecule has 0 rings (SSSR count). The molecule has 174 valence electrons. The Kier molecular flexibility index (Phi) is 19.1. The van der Waals surface area contributed by atoms with E-state index in [4.69, 9.17) is 4.74 Å². The maximum Gasteiger partial charge on any atom is 0.311 e. The highest BCUT2D eigenvalue weighted by Crippen LogP contribution is 2.22. The van der Waals surface area contributed by atoms with Gasteiger partial charge in [0.15, 0.2) is 0 Å². The Morgan fingerprint density at radius 3 is 1.31 bits per heavy atom. The summed E-state index contributed by atoms with van der Waals surface area (Å²) in [6.45, 7) is 11.0. The Labute approximate surface area is 184 Å². The van der Waals surface area contributed by atoms with E-state index in [1.165, 1.54) is 116 Å². The van der Waals surface area contributed by atoms with E-state index in [-0.39, 0.29) is 11.4 Å². The van der Waals surface area contributed by atoms with Gasteiger partial charge in [-0.1, -0.05) is 117 Å². The lowest BCUT2D eigenvalue weighted by atomic mass is 9.94. The molecule has 0 amide bonds. The van der Waals surface area contributed by atoms with Crippen LogP contribution in [0.15, 0.2) is 0 Å². The maximum absolute atomic E-state index is 12.1. The SMILES string of the molecule is CCCCCCCCCCCCC(CCCCCCCC)COC(=O)C(C)(C)C. The van der Waals surface area contributed by atoms with Crippen LogP contribution < -0.4 is 0 Å². The Morgan fingerprint density at radius 1 is 0.621 bits per heavy atom. The molecule has 0 aliphatic carbocycles. The van der Waals surface area contributed by atoms with Gasteiger partial charge in [0.1, 0.15) is 0 Å². The second-order valence-corrected chi connectivity index (χ2v) is 10.2. The highest BCUT2D eigenvalue weighted by molar-refractivity contribution is 5.75. The lowest BCUT2D eigenvalue weighted by Gasteiger charge is -2.21. The predicted octanol–water partition coefficient (Wildman–Crippen LogP) is 9.25. The summed E-state index contributed by atoms with van der Waals surface area (Å²) in [6.07, 6.45) is 24.3. The number of carbonyl (C=O) groups is 1. The van der Waals surface area contributed by atoms with Gasteiger partial charge in [-0.25, -0.2) is 0 Å². The van der Waals surface area contributed by atoms with E-state index in [1.54, 1.807) is 0 Å². The smallest absolute Gasteiger partial charge is 0.311 e. The van der Waals surface area contributed by atoms with Crippen molar-refractivity contribution in [2.75, 3.05) is 6.61 Å². The van der Waals surface area contributed by atoms with E-state index >= 15 is 0 Å². The molecule has 0 saturated heterocycles. The molecule has 0 radical (unpaired) electrons. The van der Waals surface area contributed by atoms with Crippen LogP contribution in [0.1, 0.15) is 150 Å². The number of hydrogen-bond acceptors (Lipinski definition) is 2. The van der Waals surface area contributed by atoms with Crippen LogP contribution >= 0.6 is 0 Å². The molecule has 0 aliphatic heterocycles. The van der Waals surface area contributed by atoms with E-state index in [0.717, 1.165) is 0 Å². The van der Waals surface area contributed by atoms with Gasteiger partial charge in [-0.2, -0.15) is 0 Å². The lowest BCUT2D eigenvalue weighted by Crippen LogP contribution is -2.25. The molecule has 1 unspecified atom stereocenters. The van der Waals surface area contributed by atoms with Crippen molar-refractivity contribution in [3.05, 3.63) is 0 Å². The first-order valence-electron chi connectivity index (χ1n) is 13.1. The first-order valence-corrected chi connectivity index (χ1v) is 13.1. The van der Waals surface area contributed by atoms with Crippen LogP contribution in [0, 0.1) is 11.3 Å². The van der Waals surface area contributed by atoms with Crippen LogP contribution in [0.3, 0.4) is 0 Å². The fraction of sp³-hybridized carbons (Fsp3) is 0.963. The van der Waals surface area contributed by atoms with Gasteiger partial charge in [-0.3, -0.25) is 4.79 Å². The summed E-state index contributed by atoms with van der Waals surface area (Å²) in [5.41, 5.74) is -0.387. The van der Waals surface area contributed by atoms with Crippen LogP contribution in [-0.4, -0.2) is 12.6 Å². The van der Waals surface area contributed by atoms with Gasteiger partial charge in [0.2, 0.25) is 0 Å². The minimum Gasteiger partial charge on any atom is -0.465 e. The van der Waals surface area contributed by atoms with Crippen LogP contribution in [0.25, 0.3) is 0 Å². The van der Waals surface area contributed by atoms with Crippen molar-refractivity contribution >= 4 is 5.97 Å². The fourth-order valence-corrected chi connectivity index (χ4v) is 3.85. The van der Waals surface area contributed by atoms with Crippen molar-refractivity contribution in [3.8, 4) is 0 Å². The second-order valence-electron chi connectivity index (χ2n) is 10.2. The van der Waals surface area contributed by atoms with Crippen molar-refractivity contribution < 1.29 is 9.53 Å². The van der Waals surface area contributed by atoms with E-state index in [9.17, 15) is 4.79 Å². The molecule has 0 bridgehead atoms. The molecule has 0 aromatic carbocycles. The number of rotatable bonds is 20. The van der Waals surface area contributed by atoms with Gasteiger partial charge < -0.3 is 4.74 Å². The standard InChI is InChI=1S/C27H54O2/c1-6-8-10-12-14-15-16-17-19-21-23-25(22-20-18-13-11-9-7-2)24-29-26(28)27(3,4)5/h25H,6-24H2,1-5H3. The molecule has 2 heteroatoms. The van der Waals surface area contributed by atoms with Crippen LogP contribution in [-0.2, 0) is 9.53 Å². The number of hydrogen-bond donors (Lipinski definition) is 0. The quantitative estimate of drug-likeness (QED) is 0.148. The molecule has 1 atom stereocenters. The summed E-state index contributed by atoms with van der Waals surface area (Å²) in [4.78, 5) is 12.1.